The van der Waals surface area contributed by atoms with Crippen LogP contribution in [0.2, 0.25) is 0 Å². The van der Waals surface area contributed by atoms with E-state index in [1.165, 1.54) is 4.90 Å². The van der Waals surface area contributed by atoms with Crippen molar-refractivity contribution in [1.82, 2.24) is 20.9 Å². The van der Waals surface area contributed by atoms with E-state index in [1.54, 1.807) is 0 Å². The lowest BCUT2D eigenvalue weighted by atomic mass is 10.0. The van der Waals surface area contributed by atoms with Crippen LogP contribution >= 0.6 is 12.6 Å². The smallest absolute Gasteiger partial charge is 0.326 e. The molecule has 0 aromatic carbocycles. The quantitative estimate of drug-likeness (QED) is 0.323. The molecule has 0 radical (unpaired) electrons. The Morgan fingerprint density at radius 3 is 2.41 bits per heavy atom. The van der Waals surface area contributed by atoms with Crippen molar-refractivity contribution in [2.24, 2.45) is 5.92 Å². The lowest BCUT2D eigenvalue weighted by Gasteiger charge is -2.28. The Bertz CT molecular complexity index is 624. The maximum Gasteiger partial charge on any atom is 0.326 e. The number of hydrogen-bond acceptors (Lipinski definition) is 6. The zero-order valence-electron chi connectivity index (χ0n) is 17.0. The topological polar surface area (TPSA) is 128 Å². The highest BCUT2D eigenvalue weighted by atomic mass is 32.1. The lowest BCUT2D eigenvalue weighted by Crippen LogP contribution is -2.57. The molecule has 2 rings (SSSR count). The molecular formula is C19H32N4O5S. The van der Waals surface area contributed by atoms with E-state index >= 15 is 0 Å². The van der Waals surface area contributed by atoms with Crippen LogP contribution < -0.4 is 16.0 Å². The lowest BCUT2D eigenvalue weighted by molar-refractivity contribution is -0.149. The summed E-state index contributed by atoms with van der Waals surface area (Å²) >= 11 is 4.18. The summed E-state index contributed by atoms with van der Waals surface area (Å²) in [6.07, 6.45) is 3.07. The minimum absolute atomic E-state index is 0.0416. The van der Waals surface area contributed by atoms with Gasteiger partial charge in [-0.3, -0.25) is 14.4 Å². The van der Waals surface area contributed by atoms with Crippen molar-refractivity contribution in [3.8, 4) is 0 Å². The summed E-state index contributed by atoms with van der Waals surface area (Å²) in [5, 5.41) is 17.9. The van der Waals surface area contributed by atoms with Crippen LogP contribution in [0.5, 0.6) is 0 Å². The number of carbonyl (C=O) groups excluding carboxylic acids is 3. The number of thiol groups is 1. The fourth-order valence-corrected chi connectivity index (χ4v) is 4.08. The number of nitrogens with one attached hydrogen (secondary N) is 3. The third kappa shape index (κ3) is 6.33. The molecule has 4 N–H and O–H groups in total. The minimum Gasteiger partial charge on any atom is -0.480 e. The summed E-state index contributed by atoms with van der Waals surface area (Å²) in [5.41, 5.74) is 0. The number of carboxylic acid groups (broad SMARTS) is 1. The van der Waals surface area contributed by atoms with E-state index in [9.17, 15) is 24.3 Å². The standard InChI is InChI=1S/C19H32N4O5S/c1-11(2)9-13(21-16(24)12-5-3-7-20-12)17(25)22-14(10-29)18(26)23-8-4-6-15(23)19(27)28/h11-15,20,29H,3-10H2,1-2H3,(H,21,24)(H,22,25)(H,27,28). The average molecular weight is 429 g/mol. The van der Waals surface area contributed by atoms with Crippen molar-refractivity contribution >= 4 is 36.3 Å². The number of nitrogens with zero attached hydrogens (tertiary/aromatic N) is 1. The Balaban J connectivity index is 2.03. The van der Waals surface area contributed by atoms with Gasteiger partial charge in [0, 0.05) is 12.3 Å². The molecule has 0 saturated carbocycles. The Hall–Kier alpha value is -1.81. The van der Waals surface area contributed by atoms with Gasteiger partial charge < -0.3 is 26.0 Å². The third-order valence-electron chi connectivity index (χ3n) is 5.33. The SMILES string of the molecule is CC(C)CC(NC(=O)C1CCCN1)C(=O)NC(CS)C(=O)N1CCCC1C(=O)O. The summed E-state index contributed by atoms with van der Waals surface area (Å²) < 4.78 is 0. The second-order valence-electron chi connectivity index (χ2n) is 8.11. The number of aliphatic carboxylic acids is 1. The molecule has 0 spiro atoms. The van der Waals surface area contributed by atoms with E-state index in [0.717, 1.165) is 19.4 Å². The first-order valence-corrected chi connectivity index (χ1v) is 10.9. The number of rotatable bonds is 9. The molecule has 2 aliphatic rings. The van der Waals surface area contributed by atoms with Crippen LogP contribution in [0.4, 0.5) is 0 Å². The van der Waals surface area contributed by atoms with E-state index in [1.807, 2.05) is 13.8 Å². The van der Waals surface area contributed by atoms with E-state index in [-0.39, 0.29) is 23.6 Å². The molecule has 3 amide bonds. The first kappa shape index (κ1) is 23.5. The molecule has 4 unspecified atom stereocenters. The predicted octanol–water partition coefficient (Wildman–Crippen LogP) is -0.240. The number of carboxylic acids is 1. The van der Waals surface area contributed by atoms with E-state index in [2.05, 4.69) is 28.6 Å². The molecule has 0 aliphatic carbocycles. The Labute approximate surface area is 176 Å². The summed E-state index contributed by atoms with van der Waals surface area (Å²) in [6, 6.07) is -2.89. The second-order valence-corrected chi connectivity index (χ2v) is 8.48. The Morgan fingerprint density at radius 2 is 1.86 bits per heavy atom. The molecule has 0 aromatic rings. The van der Waals surface area contributed by atoms with Crippen LogP contribution in [0, 0.1) is 5.92 Å². The number of hydrogen-bond donors (Lipinski definition) is 5. The molecule has 164 valence electrons. The summed E-state index contributed by atoms with van der Waals surface area (Å²) in [5.74, 6) is -1.98. The van der Waals surface area contributed by atoms with Gasteiger partial charge in [-0.25, -0.2) is 4.79 Å². The van der Waals surface area contributed by atoms with Crippen molar-refractivity contribution < 1.29 is 24.3 Å². The maximum atomic E-state index is 12.9. The molecule has 0 bridgehead atoms. The minimum atomic E-state index is -1.05. The zero-order chi connectivity index (χ0) is 21.6. The molecule has 29 heavy (non-hydrogen) atoms. The molecular weight excluding hydrogens is 396 g/mol. The molecule has 2 fully saturated rings. The van der Waals surface area contributed by atoms with Crippen molar-refractivity contribution in [1.29, 1.82) is 0 Å². The molecule has 9 nitrogen and oxygen atoms in total. The Kier molecular flexibility index (Phi) is 8.76. The molecule has 2 saturated heterocycles. The van der Waals surface area contributed by atoms with Crippen molar-refractivity contribution in [3.05, 3.63) is 0 Å². The fourth-order valence-electron chi connectivity index (χ4n) is 3.83. The fraction of sp³-hybridized carbons (Fsp3) is 0.789. The summed E-state index contributed by atoms with van der Waals surface area (Å²) in [4.78, 5) is 50.8. The highest BCUT2D eigenvalue weighted by molar-refractivity contribution is 7.80. The van der Waals surface area contributed by atoms with Gasteiger partial charge in [-0.15, -0.1) is 0 Å². The van der Waals surface area contributed by atoms with E-state index in [0.29, 0.717) is 25.8 Å². The summed E-state index contributed by atoms with van der Waals surface area (Å²) in [6.45, 7) is 5.01. The highest BCUT2D eigenvalue weighted by Crippen LogP contribution is 2.19. The van der Waals surface area contributed by atoms with E-state index in [4.69, 9.17) is 0 Å². The van der Waals surface area contributed by atoms with Gasteiger partial charge in [0.2, 0.25) is 17.7 Å². The van der Waals surface area contributed by atoms with Gasteiger partial charge in [-0.2, -0.15) is 12.6 Å². The zero-order valence-corrected chi connectivity index (χ0v) is 17.9. The monoisotopic (exact) mass is 428 g/mol. The van der Waals surface area contributed by atoms with Crippen molar-refractivity contribution in [2.75, 3.05) is 18.8 Å². The average Bonchev–Trinajstić information content (AvgIpc) is 3.36. The van der Waals surface area contributed by atoms with Gasteiger partial charge in [0.25, 0.3) is 0 Å². The molecule has 4 atom stereocenters. The molecule has 2 heterocycles. The van der Waals surface area contributed by atoms with Gasteiger partial charge in [0.15, 0.2) is 0 Å². The molecule has 10 heteroatoms. The largest absolute Gasteiger partial charge is 0.480 e. The van der Waals surface area contributed by atoms with Crippen LogP contribution in [-0.2, 0) is 19.2 Å². The van der Waals surface area contributed by atoms with Crippen molar-refractivity contribution in [3.63, 3.8) is 0 Å². The van der Waals surface area contributed by atoms with Crippen LogP contribution in [0.15, 0.2) is 0 Å². The number of amides is 3. The van der Waals surface area contributed by atoms with E-state index < -0.39 is 35.9 Å². The maximum absolute atomic E-state index is 12.9. The van der Waals surface area contributed by atoms with Gasteiger partial charge in [0.05, 0.1) is 6.04 Å². The third-order valence-corrected chi connectivity index (χ3v) is 5.70. The molecule has 2 aliphatic heterocycles. The van der Waals surface area contributed by atoms with Gasteiger partial charge >= 0.3 is 5.97 Å². The van der Waals surface area contributed by atoms with Gasteiger partial charge in [-0.1, -0.05) is 13.8 Å². The highest BCUT2D eigenvalue weighted by Gasteiger charge is 2.38. The first-order chi connectivity index (χ1) is 13.7. The van der Waals surface area contributed by atoms with Crippen LogP contribution in [0.3, 0.4) is 0 Å². The van der Waals surface area contributed by atoms with Crippen LogP contribution in [0.25, 0.3) is 0 Å². The second kappa shape index (κ2) is 10.8. The van der Waals surface area contributed by atoms with Crippen LogP contribution in [-0.4, -0.2) is 76.7 Å². The Morgan fingerprint density at radius 1 is 1.14 bits per heavy atom. The first-order valence-electron chi connectivity index (χ1n) is 10.2. The van der Waals surface area contributed by atoms with Crippen molar-refractivity contribution in [2.45, 2.75) is 70.1 Å². The molecule has 0 aromatic heterocycles. The summed E-state index contributed by atoms with van der Waals surface area (Å²) in [7, 11) is 0. The van der Waals surface area contributed by atoms with Gasteiger partial charge in [0.1, 0.15) is 18.1 Å². The number of carbonyl (C=O) groups is 4. The normalized spacial score (nSPS) is 23.7. The van der Waals surface area contributed by atoms with Crippen LogP contribution in [0.1, 0.15) is 46.0 Å². The predicted molar refractivity (Wildman–Crippen MR) is 111 cm³/mol. The van der Waals surface area contributed by atoms with Gasteiger partial charge in [-0.05, 0) is 44.6 Å². The number of likely N-dealkylation sites (tertiary alicyclic amines) is 1.